The van der Waals surface area contributed by atoms with E-state index in [1.54, 1.807) is 0 Å². The molecule has 1 aromatic carbocycles. The molecular formula is C17H24N3OS+. The van der Waals surface area contributed by atoms with Crippen LogP contribution in [0.3, 0.4) is 0 Å². The molecule has 1 aliphatic rings. The number of likely N-dealkylation sites (tertiary alicyclic amines) is 1. The second-order valence-electron chi connectivity index (χ2n) is 6.37. The van der Waals surface area contributed by atoms with Gasteiger partial charge in [-0.15, -0.1) is 0 Å². The average molecular weight is 318 g/mol. The molecule has 2 atom stereocenters. The molecule has 1 saturated heterocycles. The normalized spacial score (nSPS) is 22.0. The van der Waals surface area contributed by atoms with Gasteiger partial charge in [0.2, 0.25) is 0 Å². The minimum absolute atomic E-state index is 0.167. The first-order chi connectivity index (χ1) is 10.5. The van der Waals surface area contributed by atoms with Crippen molar-refractivity contribution in [2.24, 2.45) is 0 Å². The predicted molar refractivity (Wildman–Crippen MR) is 90.0 cm³/mol. The van der Waals surface area contributed by atoms with Gasteiger partial charge in [0.05, 0.1) is 12.2 Å². The van der Waals surface area contributed by atoms with Crippen molar-refractivity contribution in [3.05, 3.63) is 46.5 Å². The predicted octanol–water partition coefficient (Wildman–Crippen LogP) is 1.62. The highest BCUT2D eigenvalue weighted by Crippen LogP contribution is 2.16. The number of nitrogens with zero attached hydrogens (tertiary/aromatic N) is 2. The molecule has 1 unspecified atom stereocenters. The lowest BCUT2D eigenvalue weighted by molar-refractivity contribution is -0.930. The Morgan fingerprint density at radius 3 is 2.86 bits per heavy atom. The summed E-state index contributed by atoms with van der Waals surface area (Å²) in [7, 11) is 0. The van der Waals surface area contributed by atoms with Crippen molar-refractivity contribution in [2.45, 2.75) is 39.5 Å². The van der Waals surface area contributed by atoms with E-state index < -0.39 is 0 Å². The van der Waals surface area contributed by atoms with Crippen molar-refractivity contribution in [2.75, 3.05) is 13.1 Å². The zero-order valence-electron chi connectivity index (χ0n) is 13.2. The van der Waals surface area contributed by atoms with Crippen LogP contribution in [0.4, 0.5) is 0 Å². The fraction of sp³-hybridized carbons (Fsp3) is 0.471. The summed E-state index contributed by atoms with van der Waals surface area (Å²) in [5.74, 6) is 0. The van der Waals surface area contributed by atoms with Crippen molar-refractivity contribution in [1.29, 1.82) is 0 Å². The van der Waals surface area contributed by atoms with Crippen molar-refractivity contribution in [3.8, 4) is 5.69 Å². The Hall–Kier alpha value is -1.43. The number of hydrogen-bond acceptors (Lipinski definition) is 2. The SMILES string of the molecule is Cc1ccc(-n2ccn(C[NH+]3CCC[C@H](O)C3)c2=S)c(C)c1. The van der Waals surface area contributed by atoms with Gasteiger partial charge < -0.3 is 10.0 Å². The third kappa shape index (κ3) is 3.16. The summed E-state index contributed by atoms with van der Waals surface area (Å²) in [6, 6.07) is 6.43. The van der Waals surface area contributed by atoms with Crippen LogP contribution in [0.2, 0.25) is 0 Å². The van der Waals surface area contributed by atoms with Crippen LogP contribution in [-0.4, -0.2) is 33.4 Å². The van der Waals surface area contributed by atoms with Crippen LogP contribution in [0, 0.1) is 18.6 Å². The molecule has 0 spiro atoms. The van der Waals surface area contributed by atoms with E-state index in [0.717, 1.165) is 43.1 Å². The molecule has 3 rings (SSSR count). The molecule has 0 bridgehead atoms. The third-order valence-electron chi connectivity index (χ3n) is 4.45. The topological polar surface area (TPSA) is 34.5 Å². The summed E-state index contributed by atoms with van der Waals surface area (Å²) in [5, 5.41) is 9.81. The number of rotatable bonds is 3. The monoisotopic (exact) mass is 318 g/mol. The number of nitrogens with one attached hydrogen (secondary N) is 1. The van der Waals surface area contributed by atoms with Gasteiger partial charge in [-0.05, 0) is 50.5 Å². The fourth-order valence-corrected chi connectivity index (χ4v) is 3.59. The Bertz CT molecular complexity index is 719. The van der Waals surface area contributed by atoms with E-state index in [4.69, 9.17) is 12.2 Å². The number of imidazole rings is 1. The van der Waals surface area contributed by atoms with Gasteiger partial charge in [-0.2, -0.15) is 0 Å². The van der Waals surface area contributed by atoms with E-state index in [0.29, 0.717) is 0 Å². The van der Waals surface area contributed by atoms with Gasteiger partial charge in [0.15, 0.2) is 11.4 Å². The number of aliphatic hydroxyl groups is 1. The summed E-state index contributed by atoms with van der Waals surface area (Å²) in [6.45, 7) is 6.97. The van der Waals surface area contributed by atoms with Crippen LogP contribution in [0.5, 0.6) is 0 Å². The van der Waals surface area contributed by atoms with E-state index in [9.17, 15) is 5.11 Å². The van der Waals surface area contributed by atoms with Gasteiger partial charge in [0, 0.05) is 12.4 Å². The number of quaternary nitrogens is 1. The van der Waals surface area contributed by atoms with Crippen molar-refractivity contribution < 1.29 is 10.0 Å². The average Bonchev–Trinajstić information content (AvgIpc) is 2.81. The molecule has 2 heterocycles. The minimum atomic E-state index is -0.167. The molecule has 22 heavy (non-hydrogen) atoms. The maximum Gasteiger partial charge on any atom is 0.188 e. The highest BCUT2D eigenvalue weighted by molar-refractivity contribution is 7.71. The maximum atomic E-state index is 9.81. The fourth-order valence-electron chi connectivity index (χ4n) is 3.30. The van der Waals surface area contributed by atoms with E-state index in [2.05, 4.69) is 47.4 Å². The summed E-state index contributed by atoms with van der Waals surface area (Å²) in [6.07, 6.45) is 5.94. The smallest absolute Gasteiger partial charge is 0.188 e. The Morgan fingerprint density at radius 2 is 2.14 bits per heavy atom. The maximum absolute atomic E-state index is 9.81. The summed E-state index contributed by atoms with van der Waals surface area (Å²) < 4.78 is 5.01. The molecule has 0 saturated carbocycles. The molecule has 4 nitrogen and oxygen atoms in total. The van der Waals surface area contributed by atoms with Crippen molar-refractivity contribution >= 4 is 12.2 Å². The molecule has 1 aliphatic heterocycles. The lowest BCUT2D eigenvalue weighted by Gasteiger charge is -2.27. The van der Waals surface area contributed by atoms with Crippen molar-refractivity contribution in [1.82, 2.24) is 9.13 Å². The molecule has 0 amide bonds. The molecule has 0 aliphatic carbocycles. The van der Waals surface area contributed by atoms with Gasteiger partial charge in [-0.25, -0.2) is 0 Å². The number of benzene rings is 1. The van der Waals surface area contributed by atoms with Gasteiger partial charge in [-0.1, -0.05) is 17.7 Å². The molecule has 1 aromatic heterocycles. The van der Waals surface area contributed by atoms with Gasteiger partial charge >= 0.3 is 0 Å². The highest BCUT2D eigenvalue weighted by Gasteiger charge is 2.21. The second kappa shape index (κ2) is 6.36. The third-order valence-corrected chi connectivity index (χ3v) is 4.88. The summed E-state index contributed by atoms with van der Waals surface area (Å²) in [5.41, 5.74) is 3.64. The molecule has 2 aromatic rings. The van der Waals surface area contributed by atoms with Gasteiger partial charge in [-0.3, -0.25) is 9.13 Å². The zero-order valence-corrected chi connectivity index (χ0v) is 14.1. The first kappa shape index (κ1) is 15.5. The van der Waals surface area contributed by atoms with Crippen LogP contribution >= 0.6 is 12.2 Å². The van der Waals surface area contributed by atoms with Crippen LogP contribution in [-0.2, 0) is 6.67 Å². The summed E-state index contributed by atoms with van der Waals surface area (Å²) in [4.78, 5) is 1.40. The Balaban J connectivity index is 1.84. The van der Waals surface area contributed by atoms with Crippen molar-refractivity contribution in [3.63, 3.8) is 0 Å². The number of aliphatic hydroxyl groups excluding tert-OH is 1. The molecule has 0 radical (unpaired) electrons. The largest absolute Gasteiger partial charge is 0.387 e. The number of aromatic nitrogens is 2. The Labute approximate surface area is 136 Å². The van der Waals surface area contributed by atoms with Gasteiger partial charge in [0.25, 0.3) is 0 Å². The molecule has 2 N–H and O–H groups in total. The van der Waals surface area contributed by atoms with Gasteiger partial charge in [0.1, 0.15) is 12.6 Å². The Kier molecular flexibility index (Phi) is 4.47. The molecule has 5 heteroatoms. The standard InChI is InChI=1S/C17H23N3OS/c1-13-5-6-16(14(2)10-13)20-9-8-19(17(20)22)12-18-7-3-4-15(21)11-18/h5-6,8-10,15,21H,3-4,7,11-12H2,1-2H3/p+1/t15-/m0/s1. The second-order valence-corrected chi connectivity index (χ2v) is 6.73. The van der Waals surface area contributed by atoms with Crippen LogP contribution in [0.15, 0.2) is 30.6 Å². The first-order valence-electron chi connectivity index (χ1n) is 7.91. The van der Waals surface area contributed by atoms with E-state index in [-0.39, 0.29) is 6.10 Å². The first-order valence-corrected chi connectivity index (χ1v) is 8.32. The van der Waals surface area contributed by atoms with E-state index in [1.807, 2.05) is 6.20 Å². The zero-order chi connectivity index (χ0) is 15.7. The number of piperidine rings is 1. The highest BCUT2D eigenvalue weighted by atomic mass is 32.1. The minimum Gasteiger partial charge on any atom is -0.387 e. The molecule has 118 valence electrons. The lowest BCUT2D eigenvalue weighted by atomic mass is 10.1. The Morgan fingerprint density at radius 1 is 1.32 bits per heavy atom. The molecule has 1 fully saturated rings. The van der Waals surface area contributed by atoms with Crippen LogP contribution in [0.1, 0.15) is 24.0 Å². The lowest BCUT2D eigenvalue weighted by Crippen LogP contribution is -3.13. The number of aryl methyl sites for hydroxylation is 2. The summed E-state index contributed by atoms with van der Waals surface area (Å²) >= 11 is 5.65. The van der Waals surface area contributed by atoms with Crippen LogP contribution in [0.25, 0.3) is 5.69 Å². The number of hydrogen-bond donors (Lipinski definition) is 2. The van der Waals surface area contributed by atoms with E-state index in [1.165, 1.54) is 16.0 Å². The quantitative estimate of drug-likeness (QED) is 0.844. The van der Waals surface area contributed by atoms with E-state index >= 15 is 0 Å². The molecular weight excluding hydrogens is 294 g/mol. The van der Waals surface area contributed by atoms with Crippen LogP contribution < -0.4 is 4.90 Å².